The molecule has 1 amide bonds. The first-order valence-electron chi connectivity index (χ1n) is 9.12. The van der Waals surface area contributed by atoms with E-state index in [-0.39, 0.29) is 25.7 Å². The third-order valence-electron chi connectivity index (χ3n) is 4.83. The number of aliphatic carboxylic acids is 2. The van der Waals surface area contributed by atoms with E-state index in [0.717, 1.165) is 4.31 Å². The molecule has 1 rings (SSSR count). The maximum Gasteiger partial charge on any atom is 0.451 e. The third kappa shape index (κ3) is 6.87. The number of carbonyl (C=O) groups excluding carboxylic acids is 1. The number of nitrogens with zero attached hydrogens (tertiary/aromatic N) is 1. The highest BCUT2D eigenvalue weighted by molar-refractivity contribution is 7.87. The quantitative estimate of drug-likeness (QED) is 0.131. The molecule has 0 radical (unpaired) electrons. The van der Waals surface area contributed by atoms with Crippen molar-refractivity contribution in [3.05, 3.63) is 0 Å². The lowest BCUT2D eigenvalue weighted by Crippen LogP contribution is -2.56. The Hall–Kier alpha value is -1.82. The summed E-state index contributed by atoms with van der Waals surface area (Å²) in [5, 5.41) is 38.8. The zero-order valence-electron chi connectivity index (χ0n) is 16.4. The Balaban J connectivity index is 2.92. The normalized spacial score (nSPS) is 24.2. The fourth-order valence-corrected chi connectivity index (χ4v) is 4.47. The molecule has 1 aliphatic rings. The number of carboxylic acid groups (broad SMARTS) is 2. The van der Waals surface area contributed by atoms with Crippen LogP contribution in [0.2, 0.25) is 6.32 Å². The van der Waals surface area contributed by atoms with Gasteiger partial charge < -0.3 is 37.0 Å². The summed E-state index contributed by atoms with van der Waals surface area (Å²) in [5.74, 6) is -4.52. The van der Waals surface area contributed by atoms with Crippen LogP contribution in [0, 0.1) is 5.92 Å². The summed E-state index contributed by atoms with van der Waals surface area (Å²) in [7, 11) is -6.06. The predicted molar refractivity (Wildman–Crippen MR) is 104 cm³/mol. The molecule has 30 heavy (non-hydrogen) atoms. The van der Waals surface area contributed by atoms with Crippen LogP contribution in [0.25, 0.3) is 0 Å². The fourth-order valence-electron chi connectivity index (χ4n) is 3.01. The summed E-state index contributed by atoms with van der Waals surface area (Å²) >= 11 is 0. The molecule has 1 aliphatic heterocycles. The third-order valence-corrected chi connectivity index (χ3v) is 6.37. The van der Waals surface area contributed by atoms with Crippen molar-refractivity contribution in [3.63, 3.8) is 0 Å². The molecule has 0 unspecified atom stereocenters. The second-order valence-electron chi connectivity index (χ2n) is 7.29. The van der Waals surface area contributed by atoms with Crippen molar-refractivity contribution in [2.45, 2.75) is 43.7 Å². The van der Waals surface area contributed by atoms with Crippen molar-refractivity contribution < 1.29 is 43.1 Å². The van der Waals surface area contributed by atoms with Gasteiger partial charge in [0.25, 0.3) is 10.2 Å². The van der Waals surface area contributed by atoms with E-state index in [4.69, 9.17) is 21.5 Å². The summed E-state index contributed by atoms with van der Waals surface area (Å²) in [6.45, 7) is -0.129. The molecule has 16 heteroatoms. The van der Waals surface area contributed by atoms with Gasteiger partial charge >= 0.3 is 19.1 Å². The number of hydrogen-bond acceptors (Lipinski definition) is 9. The van der Waals surface area contributed by atoms with E-state index >= 15 is 0 Å². The molecule has 10 N–H and O–H groups in total. The van der Waals surface area contributed by atoms with Gasteiger partial charge in [-0.2, -0.15) is 17.4 Å². The van der Waals surface area contributed by atoms with E-state index in [1.54, 1.807) is 0 Å². The number of nitrogens with two attached hydrogens (primary N) is 2. The van der Waals surface area contributed by atoms with E-state index < -0.39 is 71.8 Å². The van der Waals surface area contributed by atoms with Gasteiger partial charge in [0.2, 0.25) is 5.91 Å². The second kappa shape index (κ2) is 10.5. The monoisotopic (exact) mass is 453 g/mol. The second-order valence-corrected chi connectivity index (χ2v) is 9.00. The molecule has 172 valence electrons. The molecule has 0 aromatic rings. The summed E-state index contributed by atoms with van der Waals surface area (Å²) in [6, 6.07) is -2.65. The molecule has 1 heterocycles. The average molecular weight is 453 g/mol. The highest BCUT2D eigenvalue weighted by Crippen LogP contribution is 2.31. The van der Waals surface area contributed by atoms with Crippen LogP contribution < -0.4 is 21.5 Å². The SMILES string of the molecule is C[C@H](N)C(=O)NC[C@H](NS(=O)(=O)N1C[C@H](CCCB(O)O)[C@](N)(C(=O)O)C1)C(=O)O. The molecule has 0 aromatic carbocycles. The summed E-state index contributed by atoms with van der Waals surface area (Å²) in [4.78, 5) is 34.6. The van der Waals surface area contributed by atoms with Crippen LogP contribution in [0.4, 0.5) is 0 Å². The Labute approximate surface area is 173 Å². The molecule has 0 saturated carbocycles. The number of nitrogens with one attached hydrogen (secondary N) is 2. The minimum absolute atomic E-state index is 0.0441. The molecule has 4 atom stereocenters. The summed E-state index contributed by atoms with van der Waals surface area (Å²) in [6.07, 6.45) is 0.258. The minimum Gasteiger partial charge on any atom is -0.480 e. The van der Waals surface area contributed by atoms with Gasteiger partial charge in [0.05, 0.1) is 6.04 Å². The van der Waals surface area contributed by atoms with Gasteiger partial charge in [-0.05, 0) is 19.7 Å². The molecule has 0 bridgehead atoms. The van der Waals surface area contributed by atoms with Crippen LogP contribution in [-0.4, -0.2) is 95.2 Å². The molecule has 0 spiro atoms. The first-order chi connectivity index (χ1) is 13.7. The zero-order chi connectivity index (χ0) is 23.3. The van der Waals surface area contributed by atoms with Crippen molar-refractivity contribution in [1.82, 2.24) is 14.3 Å². The van der Waals surface area contributed by atoms with Crippen molar-refractivity contribution in [3.8, 4) is 0 Å². The number of hydrogen-bond donors (Lipinski definition) is 8. The Morgan fingerprint density at radius 2 is 1.90 bits per heavy atom. The topological polar surface area (TPSA) is 246 Å². The minimum atomic E-state index is -4.47. The Kier molecular flexibility index (Phi) is 9.15. The van der Waals surface area contributed by atoms with E-state index in [9.17, 15) is 33.0 Å². The first kappa shape index (κ1) is 26.2. The van der Waals surface area contributed by atoms with Crippen LogP contribution >= 0.6 is 0 Å². The lowest BCUT2D eigenvalue weighted by Gasteiger charge is -2.25. The number of carbonyl (C=O) groups is 3. The lowest BCUT2D eigenvalue weighted by atomic mass is 9.78. The van der Waals surface area contributed by atoms with Gasteiger partial charge in [0.1, 0.15) is 11.6 Å². The van der Waals surface area contributed by atoms with Gasteiger partial charge in [-0.25, -0.2) is 0 Å². The van der Waals surface area contributed by atoms with E-state index in [1.807, 2.05) is 4.72 Å². The van der Waals surface area contributed by atoms with Crippen molar-refractivity contribution >= 4 is 35.2 Å². The maximum absolute atomic E-state index is 12.6. The average Bonchev–Trinajstić information content (AvgIpc) is 2.96. The van der Waals surface area contributed by atoms with Crippen LogP contribution in [0.3, 0.4) is 0 Å². The first-order valence-corrected chi connectivity index (χ1v) is 10.6. The van der Waals surface area contributed by atoms with Gasteiger partial charge in [0.15, 0.2) is 0 Å². The van der Waals surface area contributed by atoms with Crippen LogP contribution in [0.15, 0.2) is 0 Å². The van der Waals surface area contributed by atoms with Gasteiger partial charge in [-0.1, -0.05) is 6.42 Å². The smallest absolute Gasteiger partial charge is 0.451 e. The lowest BCUT2D eigenvalue weighted by molar-refractivity contribution is -0.144. The van der Waals surface area contributed by atoms with Crippen molar-refractivity contribution in [1.29, 1.82) is 0 Å². The summed E-state index contributed by atoms with van der Waals surface area (Å²) < 4.78 is 27.9. The Morgan fingerprint density at radius 3 is 2.37 bits per heavy atom. The molecular formula is C14H28BN5O9S. The standard InChI is InChI=1S/C14H28BN5O9S/c1-8(16)11(21)18-5-10(12(22)23)19-30(28,29)20-6-9(3-2-4-15(26)27)14(17,7-20)13(24)25/h8-10,19,26-27H,2-7,16-17H2,1H3,(H,18,21)(H,22,23)(H,24,25)/t8-,9-,10-,14-/m0/s1. The van der Waals surface area contributed by atoms with Gasteiger partial charge in [0, 0.05) is 25.6 Å². The molecule has 14 nitrogen and oxygen atoms in total. The number of carboxylic acids is 2. The predicted octanol–water partition coefficient (Wildman–Crippen LogP) is -4.30. The molecule has 1 fully saturated rings. The van der Waals surface area contributed by atoms with E-state index in [0.29, 0.717) is 0 Å². The fraction of sp³-hybridized carbons (Fsp3) is 0.786. The van der Waals surface area contributed by atoms with Crippen LogP contribution in [0.5, 0.6) is 0 Å². The van der Waals surface area contributed by atoms with Crippen LogP contribution in [-0.2, 0) is 24.6 Å². The Bertz CT molecular complexity index is 750. The molecular weight excluding hydrogens is 425 g/mol. The molecule has 1 saturated heterocycles. The highest BCUT2D eigenvalue weighted by Gasteiger charge is 2.52. The van der Waals surface area contributed by atoms with E-state index in [1.165, 1.54) is 6.92 Å². The molecule has 0 aromatic heterocycles. The van der Waals surface area contributed by atoms with Crippen LogP contribution in [0.1, 0.15) is 19.8 Å². The Morgan fingerprint density at radius 1 is 1.30 bits per heavy atom. The zero-order valence-corrected chi connectivity index (χ0v) is 17.2. The van der Waals surface area contributed by atoms with E-state index in [2.05, 4.69) is 5.32 Å². The number of amides is 1. The highest BCUT2D eigenvalue weighted by atomic mass is 32.2. The van der Waals surface area contributed by atoms with Gasteiger partial charge in [-0.3, -0.25) is 14.4 Å². The van der Waals surface area contributed by atoms with Crippen molar-refractivity contribution in [2.24, 2.45) is 17.4 Å². The summed E-state index contributed by atoms with van der Waals surface area (Å²) in [5.41, 5.74) is 9.34. The van der Waals surface area contributed by atoms with Gasteiger partial charge in [-0.15, -0.1) is 0 Å². The molecule has 0 aliphatic carbocycles. The largest absolute Gasteiger partial charge is 0.480 e. The number of rotatable bonds is 12. The maximum atomic E-state index is 12.6. The van der Waals surface area contributed by atoms with Crippen molar-refractivity contribution in [2.75, 3.05) is 19.6 Å².